The number of aromatic nitrogens is 2. The molecule has 2 aromatic carbocycles. The number of nitrogens with zero attached hydrogens (tertiary/aromatic N) is 2. The van der Waals surface area contributed by atoms with E-state index in [2.05, 4.69) is 20.8 Å². The second-order valence-corrected chi connectivity index (χ2v) is 9.16. The van der Waals surface area contributed by atoms with Gasteiger partial charge in [0.1, 0.15) is 11.5 Å². The zero-order chi connectivity index (χ0) is 20.6. The molecule has 2 aliphatic rings. The first kappa shape index (κ1) is 18.3. The summed E-state index contributed by atoms with van der Waals surface area (Å²) in [5.74, 6) is -1.22. The lowest BCUT2D eigenvalue weighted by Gasteiger charge is -2.36. The van der Waals surface area contributed by atoms with Crippen LogP contribution in [0, 0.1) is 17.0 Å². The van der Waals surface area contributed by atoms with Crippen molar-refractivity contribution in [3.8, 4) is 5.69 Å². The summed E-state index contributed by atoms with van der Waals surface area (Å²) in [6.07, 6.45) is 1.97. The molecule has 0 aliphatic heterocycles. The quantitative estimate of drug-likeness (QED) is 0.604. The molecule has 1 fully saturated rings. The van der Waals surface area contributed by atoms with Crippen LogP contribution in [0.4, 0.5) is 8.78 Å². The molecule has 2 bridgehead atoms. The van der Waals surface area contributed by atoms with Crippen molar-refractivity contribution in [3.05, 3.63) is 87.3 Å². The van der Waals surface area contributed by atoms with Crippen LogP contribution in [0.2, 0.25) is 0 Å². The number of hydrogen-bond acceptors (Lipinski definition) is 1. The maximum Gasteiger partial charge on any atom is 0.275 e. The van der Waals surface area contributed by atoms with E-state index in [9.17, 15) is 13.6 Å². The Morgan fingerprint density at radius 2 is 1.79 bits per heavy atom. The van der Waals surface area contributed by atoms with Gasteiger partial charge in [0.15, 0.2) is 5.82 Å². The molecule has 150 valence electrons. The average molecular weight is 394 g/mol. The van der Waals surface area contributed by atoms with E-state index in [0.29, 0.717) is 6.54 Å². The Morgan fingerprint density at radius 1 is 1.07 bits per heavy atom. The van der Waals surface area contributed by atoms with Crippen LogP contribution in [-0.2, 0) is 12.0 Å². The fraction of sp³-hybridized carbons (Fsp3) is 0.375. The Kier molecular flexibility index (Phi) is 3.74. The summed E-state index contributed by atoms with van der Waals surface area (Å²) in [5.41, 5.74) is 2.58. The molecule has 3 aromatic rings. The van der Waals surface area contributed by atoms with Crippen molar-refractivity contribution in [2.75, 3.05) is 0 Å². The highest BCUT2D eigenvalue weighted by Gasteiger charge is 2.62. The van der Waals surface area contributed by atoms with Gasteiger partial charge in [0.2, 0.25) is 0 Å². The van der Waals surface area contributed by atoms with Gasteiger partial charge in [-0.3, -0.25) is 9.48 Å². The standard InChI is InChI=1S/C24H24F2N2O/c1-23(2)17-11-12-24(23,3)21-20(17)22(29)28(19-10-9-16(25)13-18(19)26)27(21)14-15-7-5-4-6-8-15/h4-10,13,17H,11-12,14H2,1-3H3. The van der Waals surface area contributed by atoms with E-state index in [-0.39, 0.29) is 28.0 Å². The maximum atomic E-state index is 14.7. The highest BCUT2D eigenvalue weighted by molar-refractivity contribution is 5.48. The average Bonchev–Trinajstić information content (AvgIpc) is 3.15. The SMILES string of the molecule is CC12CCC(c3c1n(Cc1ccccc1)n(-c1ccc(F)cc1F)c3=O)C2(C)C. The minimum Gasteiger partial charge on any atom is -0.277 e. The minimum absolute atomic E-state index is 0.0320. The van der Waals surface area contributed by atoms with Gasteiger partial charge >= 0.3 is 0 Å². The van der Waals surface area contributed by atoms with Gasteiger partial charge in [-0.2, -0.15) is 0 Å². The van der Waals surface area contributed by atoms with Gasteiger partial charge in [-0.1, -0.05) is 51.1 Å². The largest absolute Gasteiger partial charge is 0.277 e. The van der Waals surface area contributed by atoms with Crippen molar-refractivity contribution < 1.29 is 8.78 Å². The number of hydrogen-bond donors (Lipinski definition) is 0. The highest BCUT2D eigenvalue weighted by Crippen LogP contribution is 2.67. The molecule has 29 heavy (non-hydrogen) atoms. The van der Waals surface area contributed by atoms with Crippen LogP contribution < -0.4 is 5.56 Å². The molecular weight excluding hydrogens is 370 g/mol. The van der Waals surface area contributed by atoms with Gasteiger partial charge in [0, 0.05) is 17.0 Å². The lowest BCUT2D eigenvalue weighted by atomic mass is 9.70. The first-order valence-corrected chi connectivity index (χ1v) is 10.1. The van der Waals surface area contributed by atoms with E-state index in [1.807, 2.05) is 35.0 Å². The Labute approximate surface area is 168 Å². The van der Waals surface area contributed by atoms with Crippen molar-refractivity contribution in [2.45, 2.75) is 51.5 Å². The molecule has 0 radical (unpaired) electrons. The summed E-state index contributed by atoms with van der Waals surface area (Å²) in [4.78, 5) is 13.6. The van der Waals surface area contributed by atoms with Crippen LogP contribution >= 0.6 is 0 Å². The number of benzene rings is 2. The Morgan fingerprint density at radius 3 is 2.48 bits per heavy atom. The molecule has 0 amide bonds. The second-order valence-electron chi connectivity index (χ2n) is 9.16. The van der Waals surface area contributed by atoms with Crippen molar-refractivity contribution in [2.24, 2.45) is 5.41 Å². The monoisotopic (exact) mass is 394 g/mol. The van der Waals surface area contributed by atoms with Crippen molar-refractivity contribution >= 4 is 0 Å². The molecule has 1 heterocycles. The fourth-order valence-corrected chi connectivity index (χ4v) is 5.69. The fourth-order valence-electron chi connectivity index (χ4n) is 5.69. The predicted octanol–water partition coefficient (Wildman–Crippen LogP) is 5.14. The predicted molar refractivity (Wildman–Crippen MR) is 109 cm³/mol. The molecule has 3 nitrogen and oxygen atoms in total. The lowest BCUT2D eigenvalue weighted by Crippen LogP contribution is -2.36. The van der Waals surface area contributed by atoms with E-state index >= 15 is 0 Å². The van der Waals surface area contributed by atoms with Gasteiger partial charge < -0.3 is 0 Å². The molecule has 5 heteroatoms. The molecule has 2 atom stereocenters. The van der Waals surface area contributed by atoms with E-state index in [1.54, 1.807) is 0 Å². The van der Waals surface area contributed by atoms with Crippen LogP contribution in [0.25, 0.3) is 5.69 Å². The van der Waals surface area contributed by atoms with Crippen LogP contribution in [0.1, 0.15) is 56.4 Å². The van der Waals surface area contributed by atoms with Gasteiger partial charge in [-0.15, -0.1) is 0 Å². The maximum absolute atomic E-state index is 14.7. The summed E-state index contributed by atoms with van der Waals surface area (Å²) in [7, 11) is 0. The zero-order valence-electron chi connectivity index (χ0n) is 16.9. The van der Waals surface area contributed by atoms with Gasteiger partial charge in [0.25, 0.3) is 5.56 Å². The van der Waals surface area contributed by atoms with Crippen molar-refractivity contribution in [1.82, 2.24) is 9.36 Å². The smallest absolute Gasteiger partial charge is 0.275 e. The van der Waals surface area contributed by atoms with E-state index in [4.69, 9.17) is 0 Å². The van der Waals surface area contributed by atoms with Crippen molar-refractivity contribution in [3.63, 3.8) is 0 Å². The van der Waals surface area contributed by atoms with Gasteiger partial charge in [-0.05, 0) is 41.9 Å². The van der Waals surface area contributed by atoms with Crippen LogP contribution in [0.15, 0.2) is 53.3 Å². The van der Waals surface area contributed by atoms with Crippen molar-refractivity contribution in [1.29, 1.82) is 0 Å². The summed E-state index contributed by atoms with van der Waals surface area (Å²) >= 11 is 0. The normalized spacial score (nSPS) is 24.1. The topological polar surface area (TPSA) is 26.9 Å². The Bertz CT molecular complexity index is 1180. The van der Waals surface area contributed by atoms with Crippen LogP contribution in [0.5, 0.6) is 0 Å². The molecular formula is C24H24F2N2O. The lowest BCUT2D eigenvalue weighted by molar-refractivity contribution is 0.216. The molecule has 1 saturated carbocycles. The third kappa shape index (κ3) is 2.30. The molecule has 2 unspecified atom stereocenters. The van der Waals surface area contributed by atoms with E-state index < -0.39 is 11.6 Å². The summed E-state index contributed by atoms with van der Waals surface area (Å²) in [6.45, 7) is 7.16. The zero-order valence-corrected chi connectivity index (χ0v) is 16.9. The molecule has 5 rings (SSSR count). The van der Waals surface area contributed by atoms with Crippen LogP contribution in [-0.4, -0.2) is 9.36 Å². The highest BCUT2D eigenvalue weighted by atomic mass is 19.1. The van der Waals surface area contributed by atoms with Gasteiger partial charge in [0.05, 0.1) is 12.2 Å². The number of halogens is 2. The van der Waals surface area contributed by atoms with Crippen LogP contribution in [0.3, 0.4) is 0 Å². The summed E-state index contributed by atoms with van der Waals surface area (Å²) in [5, 5.41) is 0. The summed E-state index contributed by atoms with van der Waals surface area (Å²) < 4.78 is 31.6. The number of rotatable bonds is 3. The second kappa shape index (κ2) is 5.91. The van der Waals surface area contributed by atoms with E-state index in [1.165, 1.54) is 16.8 Å². The molecule has 2 aliphatic carbocycles. The Hall–Kier alpha value is -2.69. The first-order valence-electron chi connectivity index (χ1n) is 10.1. The van der Waals surface area contributed by atoms with Gasteiger partial charge in [-0.25, -0.2) is 13.5 Å². The third-order valence-corrected chi connectivity index (χ3v) is 7.59. The Balaban J connectivity index is 1.82. The number of fused-ring (bicyclic) bond motifs is 5. The summed E-state index contributed by atoms with van der Waals surface area (Å²) in [6, 6.07) is 13.3. The molecule has 0 N–H and O–H groups in total. The molecule has 1 aromatic heterocycles. The first-order chi connectivity index (χ1) is 13.8. The third-order valence-electron chi connectivity index (χ3n) is 7.59. The van der Waals surface area contributed by atoms with E-state index in [0.717, 1.165) is 35.7 Å². The molecule has 0 saturated heterocycles. The molecule has 0 spiro atoms. The minimum atomic E-state index is -0.727.